The summed E-state index contributed by atoms with van der Waals surface area (Å²) >= 11 is 0. The quantitative estimate of drug-likeness (QED) is 0.857. The highest BCUT2D eigenvalue weighted by Crippen LogP contribution is 2.34. The topological polar surface area (TPSA) is 42.2 Å². The molecular weight excluding hydrogens is 274 g/mol. The predicted molar refractivity (Wildman–Crippen MR) is 68.1 cm³/mol. The Morgan fingerprint density at radius 2 is 1.90 bits per heavy atom. The normalized spacial score (nSPS) is 11.4. The maximum absolute atomic E-state index is 13.2. The van der Waals surface area contributed by atoms with Crippen molar-refractivity contribution >= 4 is 17.1 Å². The number of hydrogen-bond donors (Lipinski definition) is 1. The van der Waals surface area contributed by atoms with Gasteiger partial charge in [0, 0.05) is 12.7 Å². The number of nitrogen functional groups attached to an aromatic ring is 1. The van der Waals surface area contributed by atoms with E-state index in [2.05, 4.69) is 4.98 Å². The maximum Gasteiger partial charge on any atom is 0.433 e. The van der Waals surface area contributed by atoms with Gasteiger partial charge in [-0.3, -0.25) is 0 Å². The summed E-state index contributed by atoms with van der Waals surface area (Å²) in [5.41, 5.74) is 5.16. The van der Waals surface area contributed by atoms with Gasteiger partial charge in [-0.05, 0) is 24.3 Å². The van der Waals surface area contributed by atoms with Crippen molar-refractivity contribution in [3.63, 3.8) is 0 Å². The van der Waals surface area contributed by atoms with Crippen LogP contribution in [0.2, 0.25) is 0 Å². The molecule has 0 fully saturated rings. The van der Waals surface area contributed by atoms with Crippen LogP contribution in [-0.2, 0) is 6.18 Å². The van der Waals surface area contributed by atoms with Crippen molar-refractivity contribution in [1.82, 2.24) is 4.98 Å². The number of rotatable bonds is 2. The van der Waals surface area contributed by atoms with Gasteiger partial charge < -0.3 is 10.6 Å². The van der Waals surface area contributed by atoms with Gasteiger partial charge in [-0.2, -0.15) is 13.2 Å². The summed E-state index contributed by atoms with van der Waals surface area (Å²) in [6, 6.07) is 6.31. The van der Waals surface area contributed by atoms with Crippen LogP contribution in [0.5, 0.6) is 0 Å². The highest BCUT2D eigenvalue weighted by Gasteiger charge is 2.33. The number of halogens is 4. The first kappa shape index (κ1) is 14.1. The first-order chi connectivity index (χ1) is 9.29. The Morgan fingerprint density at radius 1 is 1.20 bits per heavy atom. The summed E-state index contributed by atoms with van der Waals surface area (Å²) < 4.78 is 51.1. The van der Waals surface area contributed by atoms with E-state index in [0.29, 0.717) is 5.69 Å². The molecule has 0 radical (unpaired) electrons. The Balaban J connectivity index is 2.46. The fraction of sp³-hybridized carbons (Fsp3) is 0.154. The standard InChI is InChI=1S/C13H11F4N3/c1-20(9-4-2-3-8(14)5-9)11-6-12(13(15,16)17)19-7-10(11)18/h2-7H,18H2,1H3. The number of nitrogens with two attached hydrogens (primary N) is 1. The van der Waals surface area contributed by atoms with Crippen LogP contribution in [0.25, 0.3) is 0 Å². The van der Waals surface area contributed by atoms with Crippen LogP contribution in [-0.4, -0.2) is 12.0 Å². The molecule has 106 valence electrons. The largest absolute Gasteiger partial charge is 0.433 e. The third-order valence-electron chi connectivity index (χ3n) is 2.76. The van der Waals surface area contributed by atoms with Crippen molar-refractivity contribution < 1.29 is 17.6 Å². The SMILES string of the molecule is CN(c1cccc(F)c1)c1cc(C(F)(F)F)ncc1N. The van der Waals surface area contributed by atoms with Crippen LogP contribution in [0.15, 0.2) is 36.5 Å². The van der Waals surface area contributed by atoms with Crippen LogP contribution in [0, 0.1) is 5.82 Å². The highest BCUT2D eigenvalue weighted by molar-refractivity contribution is 5.74. The summed E-state index contributed by atoms with van der Waals surface area (Å²) in [7, 11) is 1.50. The molecule has 1 aromatic carbocycles. The van der Waals surface area contributed by atoms with Gasteiger partial charge in [-0.15, -0.1) is 0 Å². The van der Waals surface area contributed by atoms with Crippen LogP contribution in [0.1, 0.15) is 5.69 Å². The first-order valence-corrected chi connectivity index (χ1v) is 5.61. The average molecular weight is 285 g/mol. The molecular formula is C13H11F4N3. The maximum atomic E-state index is 13.2. The van der Waals surface area contributed by atoms with Crippen molar-refractivity contribution in [1.29, 1.82) is 0 Å². The van der Waals surface area contributed by atoms with Gasteiger partial charge in [0.2, 0.25) is 0 Å². The number of nitrogens with zero attached hydrogens (tertiary/aromatic N) is 2. The van der Waals surface area contributed by atoms with Crippen LogP contribution < -0.4 is 10.6 Å². The van der Waals surface area contributed by atoms with E-state index in [4.69, 9.17) is 5.73 Å². The molecule has 0 aliphatic heterocycles. The molecule has 0 spiro atoms. The molecule has 20 heavy (non-hydrogen) atoms. The lowest BCUT2D eigenvalue weighted by molar-refractivity contribution is -0.141. The molecule has 0 aliphatic carbocycles. The third-order valence-corrected chi connectivity index (χ3v) is 2.76. The van der Waals surface area contributed by atoms with Gasteiger partial charge in [0.05, 0.1) is 17.6 Å². The smallest absolute Gasteiger partial charge is 0.396 e. The van der Waals surface area contributed by atoms with E-state index >= 15 is 0 Å². The number of alkyl halides is 3. The van der Waals surface area contributed by atoms with E-state index in [1.807, 2.05) is 0 Å². The Bertz CT molecular complexity index is 625. The van der Waals surface area contributed by atoms with Crippen molar-refractivity contribution in [2.75, 3.05) is 17.7 Å². The van der Waals surface area contributed by atoms with Crippen molar-refractivity contribution in [2.24, 2.45) is 0 Å². The van der Waals surface area contributed by atoms with Gasteiger partial charge in [0.15, 0.2) is 0 Å². The van der Waals surface area contributed by atoms with E-state index < -0.39 is 17.7 Å². The second-order valence-corrected chi connectivity index (χ2v) is 4.17. The molecule has 0 amide bonds. The summed E-state index contributed by atoms with van der Waals surface area (Å²) in [5, 5.41) is 0. The summed E-state index contributed by atoms with van der Waals surface area (Å²) in [6.07, 6.45) is -3.63. The first-order valence-electron chi connectivity index (χ1n) is 5.61. The number of benzene rings is 1. The third kappa shape index (κ3) is 2.81. The van der Waals surface area contributed by atoms with Gasteiger partial charge >= 0.3 is 6.18 Å². The molecule has 0 unspecified atom stereocenters. The molecule has 7 heteroatoms. The lowest BCUT2D eigenvalue weighted by atomic mass is 10.2. The van der Waals surface area contributed by atoms with Crippen molar-refractivity contribution in [2.45, 2.75) is 6.18 Å². The average Bonchev–Trinajstić information content (AvgIpc) is 2.37. The minimum Gasteiger partial charge on any atom is -0.396 e. The lowest BCUT2D eigenvalue weighted by Crippen LogP contribution is -2.15. The number of aromatic nitrogens is 1. The zero-order chi connectivity index (χ0) is 14.9. The number of anilines is 3. The van der Waals surface area contributed by atoms with Crippen molar-refractivity contribution in [3.05, 3.63) is 48.0 Å². The van der Waals surface area contributed by atoms with Crippen LogP contribution in [0.4, 0.5) is 34.6 Å². The number of hydrogen-bond acceptors (Lipinski definition) is 3. The van der Waals surface area contributed by atoms with Crippen molar-refractivity contribution in [3.8, 4) is 0 Å². The molecule has 0 saturated heterocycles. The van der Waals surface area contributed by atoms with Crippen LogP contribution >= 0.6 is 0 Å². The lowest BCUT2D eigenvalue weighted by Gasteiger charge is -2.22. The van der Waals surface area contributed by atoms with Gasteiger partial charge in [0.25, 0.3) is 0 Å². The molecule has 1 aromatic heterocycles. The monoisotopic (exact) mass is 285 g/mol. The molecule has 3 nitrogen and oxygen atoms in total. The van der Waals surface area contributed by atoms with E-state index in [1.54, 1.807) is 6.07 Å². The van der Waals surface area contributed by atoms with E-state index in [-0.39, 0.29) is 11.4 Å². The molecule has 2 N–H and O–H groups in total. The minimum absolute atomic E-state index is 0.0739. The molecule has 2 rings (SSSR count). The fourth-order valence-electron chi connectivity index (χ4n) is 1.72. The molecule has 0 bridgehead atoms. The Labute approximate surface area is 112 Å². The summed E-state index contributed by atoms with van der Waals surface area (Å²) in [5.74, 6) is -0.488. The van der Waals surface area contributed by atoms with Gasteiger partial charge in [0.1, 0.15) is 11.5 Å². The van der Waals surface area contributed by atoms with E-state index in [9.17, 15) is 17.6 Å². The van der Waals surface area contributed by atoms with Crippen LogP contribution in [0.3, 0.4) is 0 Å². The van der Waals surface area contributed by atoms with E-state index in [1.165, 1.54) is 30.1 Å². The zero-order valence-corrected chi connectivity index (χ0v) is 10.4. The van der Waals surface area contributed by atoms with Gasteiger partial charge in [-0.1, -0.05) is 6.07 Å². The Hall–Kier alpha value is -2.31. The second kappa shape index (κ2) is 4.99. The minimum atomic E-state index is -4.56. The predicted octanol–water partition coefficient (Wildman–Crippen LogP) is 3.59. The number of pyridine rings is 1. The molecule has 1 heterocycles. The Kier molecular flexibility index (Phi) is 3.52. The molecule has 0 saturated carbocycles. The zero-order valence-electron chi connectivity index (χ0n) is 10.4. The highest BCUT2D eigenvalue weighted by atomic mass is 19.4. The molecule has 2 aromatic rings. The second-order valence-electron chi connectivity index (χ2n) is 4.17. The molecule has 0 atom stereocenters. The van der Waals surface area contributed by atoms with E-state index in [0.717, 1.165) is 12.3 Å². The fourth-order valence-corrected chi connectivity index (χ4v) is 1.72. The summed E-state index contributed by atoms with van der Waals surface area (Å²) in [6.45, 7) is 0. The molecule has 0 aliphatic rings. The Morgan fingerprint density at radius 3 is 2.50 bits per heavy atom. The van der Waals surface area contributed by atoms with Gasteiger partial charge in [-0.25, -0.2) is 9.37 Å². The summed E-state index contributed by atoms with van der Waals surface area (Å²) in [4.78, 5) is 4.62.